The van der Waals surface area contributed by atoms with Crippen molar-refractivity contribution in [2.75, 3.05) is 32.3 Å². The third-order valence-electron chi connectivity index (χ3n) is 4.98. The van der Waals surface area contributed by atoms with Crippen LogP contribution in [-0.4, -0.2) is 49.7 Å². The van der Waals surface area contributed by atoms with E-state index < -0.39 is 0 Å². The topological polar surface area (TPSA) is 45.1 Å². The molecule has 2 aliphatic rings. The van der Waals surface area contributed by atoms with Crippen LogP contribution in [0.5, 0.6) is 5.75 Å². The molecule has 2 aliphatic heterocycles. The minimum absolute atomic E-state index is 0.0168. The molecule has 2 heterocycles. The fourth-order valence-corrected chi connectivity index (χ4v) is 3.89. The standard InChI is InChI=1S/C18H15ClN2O2.C5H13N/c1-11(22)18-17(12-5-3-2-4-6-12)15-10-23-16-8-7-13(19)9-14(16)21(15)20-18;1-4-5-6(2)3/h2-9,15,17H,10H2,1H3;4-5H2,1-3H3/t15?,17-;/m1./s1. The number of ketones is 1. The first-order valence-corrected chi connectivity index (χ1v) is 10.3. The summed E-state index contributed by atoms with van der Waals surface area (Å²) < 4.78 is 5.89. The Morgan fingerprint density at radius 2 is 1.97 bits per heavy atom. The van der Waals surface area contributed by atoms with Gasteiger partial charge in [-0.05, 0) is 50.8 Å². The van der Waals surface area contributed by atoms with Crippen molar-refractivity contribution in [3.8, 4) is 5.75 Å². The normalized spacial score (nSPS) is 19.5. The van der Waals surface area contributed by atoms with Gasteiger partial charge in [-0.25, -0.2) is 0 Å². The minimum atomic E-state index is -0.0965. The molecule has 29 heavy (non-hydrogen) atoms. The fraction of sp³-hybridized carbons (Fsp3) is 0.391. The number of hydrogen-bond donors (Lipinski definition) is 0. The maximum atomic E-state index is 12.1. The van der Waals surface area contributed by atoms with Crippen LogP contribution >= 0.6 is 11.6 Å². The molecule has 0 aliphatic carbocycles. The Balaban J connectivity index is 0.000000353. The van der Waals surface area contributed by atoms with Crippen molar-refractivity contribution < 1.29 is 9.53 Å². The third-order valence-corrected chi connectivity index (χ3v) is 5.21. The summed E-state index contributed by atoms with van der Waals surface area (Å²) in [6.07, 6.45) is 1.26. The Bertz CT molecular complexity index is 883. The summed E-state index contributed by atoms with van der Waals surface area (Å²) >= 11 is 6.12. The van der Waals surface area contributed by atoms with Crippen molar-refractivity contribution in [3.63, 3.8) is 0 Å². The van der Waals surface area contributed by atoms with Crippen molar-refractivity contribution in [2.45, 2.75) is 32.2 Å². The third kappa shape index (κ3) is 4.80. The summed E-state index contributed by atoms with van der Waals surface area (Å²) in [6, 6.07) is 15.4. The summed E-state index contributed by atoms with van der Waals surface area (Å²) in [5.74, 6) is 0.628. The molecular formula is C23H28ClN3O2. The van der Waals surface area contributed by atoms with Crippen molar-refractivity contribution in [3.05, 3.63) is 59.1 Å². The van der Waals surface area contributed by atoms with Gasteiger partial charge in [0, 0.05) is 11.9 Å². The number of rotatable bonds is 4. The van der Waals surface area contributed by atoms with Gasteiger partial charge in [-0.1, -0.05) is 48.9 Å². The van der Waals surface area contributed by atoms with Crippen LogP contribution < -0.4 is 9.75 Å². The lowest BCUT2D eigenvalue weighted by molar-refractivity contribution is -0.111. The number of benzene rings is 2. The Labute approximate surface area is 177 Å². The largest absolute Gasteiger partial charge is 0.489 e. The van der Waals surface area contributed by atoms with Crippen molar-refractivity contribution in [1.82, 2.24) is 4.90 Å². The Hall–Kier alpha value is -2.37. The van der Waals surface area contributed by atoms with Crippen LogP contribution in [-0.2, 0) is 4.79 Å². The maximum absolute atomic E-state index is 12.1. The second-order valence-electron chi connectivity index (χ2n) is 7.57. The zero-order chi connectivity index (χ0) is 21.0. The molecule has 0 radical (unpaired) electrons. The van der Waals surface area contributed by atoms with E-state index in [9.17, 15) is 4.79 Å². The van der Waals surface area contributed by atoms with Crippen LogP contribution in [0.2, 0.25) is 5.02 Å². The molecule has 0 saturated heterocycles. The number of hydrogen-bond acceptors (Lipinski definition) is 5. The zero-order valence-corrected chi connectivity index (χ0v) is 18.2. The quantitative estimate of drug-likeness (QED) is 0.734. The Morgan fingerprint density at radius 1 is 1.24 bits per heavy atom. The highest BCUT2D eigenvalue weighted by Gasteiger charge is 2.44. The van der Waals surface area contributed by atoms with Crippen molar-refractivity contribution >= 4 is 28.8 Å². The minimum Gasteiger partial charge on any atom is -0.489 e. The summed E-state index contributed by atoms with van der Waals surface area (Å²) in [6.45, 7) is 5.43. The SMILES string of the molecule is CC(=O)C1=NN2c3cc(Cl)ccc3OCC2[C@H]1c1ccccc1.CCCN(C)C. The van der Waals surface area contributed by atoms with Crippen LogP contribution in [0, 0.1) is 0 Å². The van der Waals surface area contributed by atoms with Crippen LogP contribution in [0.4, 0.5) is 5.69 Å². The van der Waals surface area contributed by atoms with Crippen LogP contribution in [0.1, 0.15) is 31.7 Å². The Morgan fingerprint density at radius 3 is 2.55 bits per heavy atom. The van der Waals surface area contributed by atoms with E-state index in [1.807, 2.05) is 47.5 Å². The highest BCUT2D eigenvalue weighted by molar-refractivity contribution is 6.42. The number of ether oxygens (including phenoxy) is 1. The molecule has 0 aromatic heterocycles. The van der Waals surface area contributed by atoms with Gasteiger partial charge in [0.1, 0.15) is 23.8 Å². The molecule has 0 N–H and O–H groups in total. The smallest absolute Gasteiger partial charge is 0.176 e. The molecule has 1 unspecified atom stereocenters. The van der Waals surface area contributed by atoms with E-state index in [2.05, 4.69) is 31.0 Å². The van der Waals surface area contributed by atoms with Gasteiger partial charge >= 0.3 is 0 Å². The second-order valence-corrected chi connectivity index (χ2v) is 8.00. The van der Waals surface area contributed by atoms with Gasteiger partial charge in [0.05, 0.1) is 12.0 Å². The number of carbonyl (C=O) groups is 1. The average Bonchev–Trinajstić information content (AvgIpc) is 3.09. The van der Waals surface area contributed by atoms with Gasteiger partial charge in [0.2, 0.25) is 0 Å². The number of anilines is 1. The average molecular weight is 414 g/mol. The number of nitrogens with zero attached hydrogens (tertiary/aromatic N) is 3. The molecular weight excluding hydrogens is 386 g/mol. The van der Waals surface area contributed by atoms with E-state index >= 15 is 0 Å². The Kier molecular flexibility index (Phi) is 6.93. The van der Waals surface area contributed by atoms with E-state index in [1.54, 1.807) is 13.0 Å². The molecule has 2 atom stereocenters. The molecule has 4 rings (SSSR count). The van der Waals surface area contributed by atoms with Gasteiger partial charge < -0.3 is 9.64 Å². The lowest BCUT2D eigenvalue weighted by Crippen LogP contribution is -2.41. The van der Waals surface area contributed by atoms with Crippen LogP contribution in [0.3, 0.4) is 0 Å². The van der Waals surface area contributed by atoms with Gasteiger partial charge in [0.25, 0.3) is 0 Å². The zero-order valence-electron chi connectivity index (χ0n) is 17.4. The monoisotopic (exact) mass is 413 g/mol. The van der Waals surface area contributed by atoms with E-state index in [-0.39, 0.29) is 17.7 Å². The lowest BCUT2D eigenvalue weighted by atomic mass is 9.86. The molecule has 0 bridgehead atoms. The number of Topliss-reactive ketones (excluding diaryl/α,β-unsaturated/α-hetero) is 1. The van der Waals surface area contributed by atoms with Gasteiger partial charge in [-0.2, -0.15) is 5.10 Å². The first-order valence-electron chi connectivity index (χ1n) is 9.93. The maximum Gasteiger partial charge on any atom is 0.176 e. The highest BCUT2D eigenvalue weighted by Crippen LogP contribution is 2.43. The molecule has 0 saturated carbocycles. The molecule has 2 aromatic carbocycles. The molecule has 5 nitrogen and oxygen atoms in total. The van der Waals surface area contributed by atoms with Crippen LogP contribution in [0.25, 0.3) is 0 Å². The highest BCUT2D eigenvalue weighted by atomic mass is 35.5. The van der Waals surface area contributed by atoms with Gasteiger partial charge in [0.15, 0.2) is 5.78 Å². The first kappa shape index (κ1) is 21.3. The van der Waals surface area contributed by atoms with Crippen molar-refractivity contribution in [2.24, 2.45) is 5.10 Å². The van der Waals surface area contributed by atoms with E-state index in [4.69, 9.17) is 16.3 Å². The van der Waals surface area contributed by atoms with Gasteiger partial charge in [-0.15, -0.1) is 0 Å². The number of fused-ring (bicyclic) bond motifs is 3. The number of hydrazone groups is 1. The number of carbonyl (C=O) groups excluding carboxylic acids is 1. The first-order chi connectivity index (χ1) is 13.9. The fourth-order valence-electron chi connectivity index (χ4n) is 3.72. The summed E-state index contributed by atoms with van der Waals surface area (Å²) in [4.78, 5) is 14.3. The number of halogens is 1. The van der Waals surface area contributed by atoms with Crippen LogP contribution in [0.15, 0.2) is 53.6 Å². The second kappa shape index (κ2) is 9.42. The predicted octanol–water partition coefficient (Wildman–Crippen LogP) is 4.61. The molecule has 154 valence electrons. The molecule has 0 spiro atoms. The van der Waals surface area contributed by atoms with Gasteiger partial charge in [-0.3, -0.25) is 9.80 Å². The lowest BCUT2D eigenvalue weighted by Gasteiger charge is -2.33. The summed E-state index contributed by atoms with van der Waals surface area (Å²) in [5.41, 5.74) is 2.45. The van der Waals surface area contributed by atoms with E-state index in [0.29, 0.717) is 17.3 Å². The molecule has 6 heteroatoms. The summed E-state index contributed by atoms with van der Waals surface area (Å²) in [7, 11) is 4.17. The molecule has 0 amide bonds. The van der Waals surface area contributed by atoms with E-state index in [0.717, 1.165) is 17.0 Å². The predicted molar refractivity (Wildman–Crippen MR) is 119 cm³/mol. The van der Waals surface area contributed by atoms with Crippen molar-refractivity contribution in [1.29, 1.82) is 0 Å². The summed E-state index contributed by atoms with van der Waals surface area (Å²) in [5, 5.41) is 7.12. The van der Waals surface area contributed by atoms with E-state index in [1.165, 1.54) is 13.0 Å². The molecule has 2 aromatic rings. The molecule has 0 fully saturated rings.